The van der Waals surface area contributed by atoms with Crippen molar-refractivity contribution < 1.29 is 18.7 Å². The number of nitrogens with one attached hydrogen (secondary N) is 1. The topological polar surface area (TPSA) is 58.6 Å². The molecule has 0 unspecified atom stereocenters. The fraction of sp³-hybridized carbons (Fsp3) is 0.212. The predicted octanol–water partition coefficient (Wildman–Crippen LogP) is 5.90. The van der Waals surface area contributed by atoms with Crippen LogP contribution >= 0.6 is 0 Å². The summed E-state index contributed by atoms with van der Waals surface area (Å²) < 4.78 is 18.8. The molecule has 1 atom stereocenters. The first-order chi connectivity index (χ1) is 19.0. The summed E-state index contributed by atoms with van der Waals surface area (Å²) in [5.74, 6) is 0.0150. The fourth-order valence-corrected chi connectivity index (χ4v) is 4.48. The van der Waals surface area contributed by atoms with Crippen LogP contribution in [0.15, 0.2) is 109 Å². The number of amides is 2. The van der Waals surface area contributed by atoms with Crippen molar-refractivity contribution in [1.29, 1.82) is 0 Å². The Balaban J connectivity index is 1.56. The largest absolute Gasteiger partial charge is 0.497 e. The SMILES string of the molecule is COc1ccc(CCNC(=O)[C@H](c2ccccc2)N(Cc2ccc(F)cc2)C(=O)CCc2ccccc2)cc1. The molecule has 0 bridgehead atoms. The number of ether oxygens (including phenoxy) is 1. The summed E-state index contributed by atoms with van der Waals surface area (Å²) >= 11 is 0. The van der Waals surface area contributed by atoms with Gasteiger partial charge in [0.15, 0.2) is 0 Å². The molecule has 0 radical (unpaired) electrons. The third kappa shape index (κ3) is 8.01. The minimum Gasteiger partial charge on any atom is -0.497 e. The van der Waals surface area contributed by atoms with Crippen LogP contribution in [-0.2, 0) is 29.0 Å². The number of carbonyl (C=O) groups is 2. The van der Waals surface area contributed by atoms with E-state index >= 15 is 0 Å². The fourth-order valence-electron chi connectivity index (χ4n) is 4.48. The van der Waals surface area contributed by atoms with Gasteiger partial charge in [0.25, 0.3) is 0 Å². The molecule has 0 aromatic heterocycles. The molecule has 1 N–H and O–H groups in total. The molecule has 0 aliphatic rings. The molecular weight excluding hydrogens is 491 g/mol. The lowest BCUT2D eigenvalue weighted by Gasteiger charge is -2.32. The molecule has 0 spiro atoms. The third-order valence-electron chi connectivity index (χ3n) is 6.60. The zero-order chi connectivity index (χ0) is 27.5. The maximum Gasteiger partial charge on any atom is 0.247 e. The Morgan fingerprint density at radius 1 is 0.769 bits per heavy atom. The molecule has 0 fully saturated rings. The van der Waals surface area contributed by atoms with E-state index in [4.69, 9.17) is 4.74 Å². The van der Waals surface area contributed by atoms with Gasteiger partial charge in [-0.25, -0.2) is 4.39 Å². The Bertz CT molecular complexity index is 1330. The number of benzene rings is 4. The van der Waals surface area contributed by atoms with Crippen LogP contribution in [0.25, 0.3) is 0 Å². The van der Waals surface area contributed by atoms with E-state index in [0.717, 1.165) is 28.0 Å². The van der Waals surface area contributed by atoms with E-state index in [1.54, 1.807) is 24.1 Å². The normalized spacial score (nSPS) is 11.4. The molecule has 0 aliphatic carbocycles. The number of methoxy groups -OCH3 is 1. The van der Waals surface area contributed by atoms with Crippen LogP contribution in [0.4, 0.5) is 4.39 Å². The van der Waals surface area contributed by atoms with Gasteiger partial charge in [-0.15, -0.1) is 0 Å². The van der Waals surface area contributed by atoms with Gasteiger partial charge >= 0.3 is 0 Å². The van der Waals surface area contributed by atoms with Crippen molar-refractivity contribution in [2.45, 2.75) is 31.8 Å². The Kier molecular flexibility index (Phi) is 9.84. The molecule has 4 aromatic carbocycles. The molecule has 200 valence electrons. The third-order valence-corrected chi connectivity index (χ3v) is 6.60. The van der Waals surface area contributed by atoms with Crippen molar-refractivity contribution in [2.75, 3.05) is 13.7 Å². The highest BCUT2D eigenvalue weighted by Gasteiger charge is 2.31. The van der Waals surface area contributed by atoms with Crippen molar-refractivity contribution in [1.82, 2.24) is 10.2 Å². The first kappa shape index (κ1) is 27.6. The number of aryl methyl sites for hydroxylation is 1. The molecule has 4 rings (SSSR count). The molecule has 5 nitrogen and oxygen atoms in total. The second kappa shape index (κ2) is 13.9. The van der Waals surface area contributed by atoms with Crippen LogP contribution < -0.4 is 10.1 Å². The minimum atomic E-state index is -0.838. The van der Waals surface area contributed by atoms with Crippen molar-refractivity contribution in [2.24, 2.45) is 0 Å². The highest BCUT2D eigenvalue weighted by atomic mass is 19.1. The summed E-state index contributed by atoms with van der Waals surface area (Å²) in [6.07, 6.45) is 1.44. The van der Waals surface area contributed by atoms with Crippen LogP contribution in [0.5, 0.6) is 5.75 Å². The van der Waals surface area contributed by atoms with Crippen LogP contribution in [0.3, 0.4) is 0 Å². The highest BCUT2D eigenvalue weighted by Crippen LogP contribution is 2.25. The molecule has 0 aliphatic heterocycles. The monoisotopic (exact) mass is 524 g/mol. The van der Waals surface area contributed by atoms with E-state index in [2.05, 4.69) is 5.32 Å². The van der Waals surface area contributed by atoms with Gasteiger partial charge in [-0.2, -0.15) is 0 Å². The summed E-state index contributed by atoms with van der Waals surface area (Å²) in [5, 5.41) is 3.04. The van der Waals surface area contributed by atoms with Crippen LogP contribution in [0.1, 0.15) is 34.7 Å². The summed E-state index contributed by atoms with van der Waals surface area (Å²) in [5.41, 5.74) is 3.58. The molecule has 0 saturated carbocycles. The zero-order valence-corrected chi connectivity index (χ0v) is 22.1. The molecule has 0 saturated heterocycles. The van der Waals surface area contributed by atoms with Gasteiger partial charge in [0.1, 0.15) is 17.6 Å². The first-order valence-corrected chi connectivity index (χ1v) is 13.1. The summed E-state index contributed by atoms with van der Waals surface area (Å²) in [7, 11) is 1.62. The van der Waals surface area contributed by atoms with E-state index in [0.29, 0.717) is 19.4 Å². The Labute approximate surface area is 229 Å². The van der Waals surface area contributed by atoms with Crippen molar-refractivity contribution in [3.8, 4) is 5.75 Å². The molecular formula is C33H33FN2O3. The predicted molar refractivity (Wildman–Crippen MR) is 151 cm³/mol. The van der Waals surface area contributed by atoms with Gasteiger partial charge in [-0.05, 0) is 59.4 Å². The molecule has 6 heteroatoms. The average molecular weight is 525 g/mol. The van der Waals surface area contributed by atoms with Crippen LogP contribution in [0, 0.1) is 5.82 Å². The Morgan fingerprint density at radius 3 is 2.00 bits per heavy atom. The van der Waals surface area contributed by atoms with Gasteiger partial charge in [-0.3, -0.25) is 9.59 Å². The maximum atomic E-state index is 13.7. The number of halogens is 1. The second-order valence-corrected chi connectivity index (χ2v) is 9.34. The van der Waals surface area contributed by atoms with E-state index in [1.807, 2.05) is 84.9 Å². The van der Waals surface area contributed by atoms with E-state index in [1.165, 1.54) is 12.1 Å². The van der Waals surface area contributed by atoms with E-state index < -0.39 is 6.04 Å². The lowest BCUT2D eigenvalue weighted by molar-refractivity contribution is -0.141. The maximum absolute atomic E-state index is 13.7. The smallest absolute Gasteiger partial charge is 0.247 e. The summed E-state index contributed by atoms with van der Waals surface area (Å²) in [4.78, 5) is 29.0. The van der Waals surface area contributed by atoms with Gasteiger partial charge in [0.05, 0.1) is 7.11 Å². The van der Waals surface area contributed by atoms with Gasteiger partial charge in [-0.1, -0.05) is 84.9 Å². The lowest BCUT2D eigenvalue weighted by atomic mass is 10.0. The number of nitrogens with zero attached hydrogens (tertiary/aromatic N) is 1. The first-order valence-electron chi connectivity index (χ1n) is 13.1. The Hall–Kier alpha value is -4.45. The van der Waals surface area contributed by atoms with Crippen molar-refractivity contribution in [3.05, 3.63) is 137 Å². The molecule has 39 heavy (non-hydrogen) atoms. The average Bonchev–Trinajstić information content (AvgIpc) is 2.98. The number of carbonyl (C=O) groups excluding carboxylic acids is 2. The van der Waals surface area contributed by atoms with Gasteiger partial charge in [0.2, 0.25) is 11.8 Å². The van der Waals surface area contributed by atoms with Gasteiger partial charge < -0.3 is 15.0 Å². The zero-order valence-electron chi connectivity index (χ0n) is 22.1. The molecule has 2 amide bonds. The number of hydrogen-bond donors (Lipinski definition) is 1. The standard InChI is InChI=1S/C33H33FN2O3/c1-39-30-19-14-26(15-20-30)22-23-35-33(38)32(28-10-6-3-7-11-28)36(24-27-12-17-29(34)18-13-27)31(37)21-16-25-8-4-2-5-9-25/h2-15,17-20,32H,16,21-24H2,1H3,(H,35,38)/t32-/m0/s1. The summed E-state index contributed by atoms with van der Waals surface area (Å²) in [6.45, 7) is 0.594. The summed E-state index contributed by atoms with van der Waals surface area (Å²) in [6, 6.07) is 32.0. The second-order valence-electron chi connectivity index (χ2n) is 9.34. The van der Waals surface area contributed by atoms with E-state index in [9.17, 15) is 14.0 Å². The lowest BCUT2D eigenvalue weighted by Crippen LogP contribution is -2.44. The number of hydrogen-bond acceptors (Lipinski definition) is 3. The van der Waals surface area contributed by atoms with Crippen molar-refractivity contribution in [3.63, 3.8) is 0 Å². The van der Waals surface area contributed by atoms with Crippen LogP contribution in [-0.4, -0.2) is 30.4 Å². The highest BCUT2D eigenvalue weighted by molar-refractivity contribution is 5.88. The van der Waals surface area contributed by atoms with E-state index in [-0.39, 0.29) is 30.6 Å². The minimum absolute atomic E-state index is 0.151. The van der Waals surface area contributed by atoms with Crippen molar-refractivity contribution >= 4 is 11.8 Å². The molecule has 4 aromatic rings. The number of rotatable bonds is 12. The van der Waals surface area contributed by atoms with Gasteiger partial charge in [0, 0.05) is 19.5 Å². The van der Waals surface area contributed by atoms with Crippen LogP contribution in [0.2, 0.25) is 0 Å². The quantitative estimate of drug-likeness (QED) is 0.251. The molecule has 0 heterocycles. The Morgan fingerprint density at radius 2 is 1.36 bits per heavy atom.